The molecule has 0 saturated carbocycles. The van der Waals surface area contributed by atoms with Gasteiger partial charge in [-0.25, -0.2) is 8.78 Å². The van der Waals surface area contributed by atoms with Crippen LogP contribution in [-0.4, -0.2) is 0 Å². The third-order valence-electron chi connectivity index (χ3n) is 2.07. The first-order chi connectivity index (χ1) is 7.18. The van der Waals surface area contributed by atoms with Crippen molar-refractivity contribution in [1.82, 2.24) is 0 Å². The molecule has 0 aliphatic rings. The summed E-state index contributed by atoms with van der Waals surface area (Å²) in [5.74, 6) is -0.963. The Morgan fingerprint density at radius 3 is 2.67 bits per heavy atom. The van der Waals surface area contributed by atoms with Gasteiger partial charge in [-0.15, -0.1) is 11.6 Å². The van der Waals surface area contributed by atoms with E-state index in [-0.39, 0.29) is 5.56 Å². The molecule has 0 radical (unpaired) electrons. The molecular formula is C11H7ClF2S. The topological polar surface area (TPSA) is 0 Å². The van der Waals surface area contributed by atoms with Crippen LogP contribution in [0.3, 0.4) is 0 Å². The van der Waals surface area contributed by atoms with Crippen LogP contribution in [0.15, 0.2) is 35.0 Å². The van der Waals surface area contributed by atoms with E-state index in [2.05, 4.69) is 0 Å². The fourth-order valence-electron chi connectivity index (χ4n) is 1.31. The molecule has 1 unspecified atom stereocenters. The Morgan fingerprint density at radius 2 is 2.00 bits per heavy atom. The SMILES string of the molecule is Fc1ccc(F)c(C(Cl)c2ccsc2)c1. The monoisotopic (exact) mass is 244 g/mol. The van der Waals surface area contributed by atoms with Crippen molar-refractivity contribution in [3.05, 3.63) is 57.8 Å². The molecule has 78 valence electrons. The lowest BCUT2D eigenvalue weighted by Gasteiger charge is -2.09. The lowest BCUT2D eigenvalue weighted by Crippen LogP contribution is -1.96. The summed E-state index contributed by atoms with van der Waals surface area (Å²) in [6.07, 6.45) is 0. The first-order valence-corrected chi connectivity index (χ1v) is 5.67. The second kappa shape index (κ2) is 4.29. The van der Waals surface area contributed by atoms with Crippen molar-refractivity contribution in [2.24, 2.45) is 0 Å². The summed E-state index contributed by atoms with van der Waals surface area (Å²) < 4.78 is 26.3. The van der Waals surface area contributed by atoms with Gasteiger partial charge in [0.2, 0.25) is 0 Å². The number of halogens is 3. The molecule has 0 aliphatic carbocycles. The van der Waals surface area contributed by atoms with E-state index in [0.717, 1.165) is 23.8 Å². The number of hydrogen-bond acceptors (Lipinski definition) is 1. The summed E-state index contributed by atoms with van der Waals surface area (Å²) in [6.45, 7) is 0. The Bertz CT molecular complexity index is 454. The Kier molecular flexibility index (Phi) is 3.03. The summed E-state index contributed by atoms with van der Waals surface area (Å²) in [5, 5.41) is 3.04. The molecule has 15 heavy (non-hydrogen) atoms. The zero-order valence-electron chi connectivity index (χ0n) is 7.58. The van der Waals surface area contributed by atoms with E-state index in [1.54, 1.807) is 6.07 Å². The Balaban J connectivity index is 2.41. The maximum Gasteiger partial charge on any atom is 0.128 e. The van der Waals surface area contributed by atoms with Gasteiger partial charge in [0.1, 0.15) is 11.6 Å². The van der Waals surface area contributed by atoms with Gasteiger partial charge in [-0.3, -0.25) is 0 Å². The van der Waals surface area contributed by atoms with Crippen LogP contribution < -0.4 is 0 Å². The molecule has 2 rings (SSSR count). The largest absolute Gasteiger partial charge is 0.207 e. The third-order valence-corrected chi connectivity index (χ3v) is 3.26. The van der Waals surface area contributed by atoms with Gasteiger partial charge in [0.15, 0.2) is 0 Å². The highest BCUT2D eigenvalue weighted by Gasteiger charge is 2.16. The Hall–Kier alpha value is -0.930. The molecule has 4 heteroatoms. The predicted octanol–water partition coefficient (Wildman–Crippen LogP) is 4.35. The quantitative estimate of drug-likeness (QED) is 0.689. The van der Waals surface area contributed by atoms with Gasteiger partial charge in [0.05, 0.1) is 5.38 Å². The van der Waals surface area contributed by atoms with Crippen LogP contribution in [0.5, 0.6) is 0 Å². The third kappa shape index (κ3) is 2.19. The lowest BCUT2D eigenvalue weighted by molar-refractivity contribution is 0.587. The molecule has 1 aromatic heterocycles. The zero-order chi connectivity index (χ0) is 10.8. The average Bonchev–Trinajstić information content (AvgIpc) is 2.74. The van der Waals surface area contributed by atoms with Gasteiger partial charge in [0.25, 0.3) is 0 Å². The van der Waals surface area contributed by atoms with E-state index in [1.165, 1.54) is 11.3 Å². The standard InChI is InChI=1S/C11H7ClF2S/c12-11(7-3-4-15-6-7)9-5-8(13)1-2-10(9)14/h1-6,11H. The predicted molar refractivity (Wildman–Crippen MR) is 58.4 cm³/mol. The summed E-state index contributed by atoms with van der Waals surface area (Å²) >= 11 is 7.52. The maximum absolute atomic E-state index is 13.4. The summed E-state index contributed by atoms with van der Waals surface area (Å²) in [5.41, 5.74) is 0.959. The van der Waals surface area contributed by atoms with Crippen LogP contribution in [-0.2, 0) is 0 Å². The number of benzene rings is 1. The molecule has 2 aromatic rings. The van der Waals surface area contributed by atoms with Crippen LogP contribution in [0.4, 0.5) is 8.78 Å². The fraction of sp³-hybridized carbons (Fsp3) is 0.0909. The van der Waals surface area contributed by atoms with Crippen molar-refractivity contribution in [1.29, 1.82) is 0 Å². The first kappa shape index (κ1) is 10.6. The van der Waals surface area contributed by atoms with Gasteiger partial charge in [-0.05, 0) is 40.6 Å². The highest BCUT2D eigenvalue weighted by molar-refractivity contribution is 7.08. The molecule has 0 fully saturated rings. The van der Waals surface area contributed by atoms with Crippen LogP contribution in [0.25, 0.3) is 0 Å². The van der Waals surface area contributed by atoms with E-state index in [9.17, 15) is 8.78 Å². The number of alkyl halides is 1. The van der Waals surface area contributed by atoms with Crippen molar-refractivity contribution in [2.75, 3.05) is 0 Å². The lowest BCUT2D eigenvalue weighted by atomic mass is 10.1. The van der Waals surface area contributed by atoms with Crippen LogP contribution in [0.1, 0.15) is 16.5 Å². The molecular weight excluding hydrogens is 238 g/mol. The zero-order valence-corrected chi connectivity index (χ0v) is 9.16. The summed E-state index contributed by atoms with van der Waals surface area (Å²) in [7, 11) is 0. The van der Waals surface area contributed by atoms with Gasteiger partial charge < -0.3 is 0 Å². The van der Waals surface area contributed by atoms with E-state index < -0.39 is 17.0 Å². The second-order valence-corrected chi connectivity index (χ2v) is 4.30. The summed E-state index contributed by atoms with van der Waals surface area (Å²) in [6, 6.07) is 5.10. The molecule has 0 spiro atoms. The minimum absolute atomic E-state index is 0.176. The maximum atomic E-state index is 13.4. The molecule has 0 saturated heterocycles. The smallest absolute Gasteiger partial charge is 0.128 e. The first-order valence-electron chi connectivity index (χ1n) is 4.29. The number of hydrogen-bond donors (Lipinski definition) is 0. The van der Waals surface area contributed by atoms with Crippen molar-refractivity contribution in [3.8, 4) is 0 Å². The Morgan fingerprint density at radius 1 is 1.20 bits per heavy atom. The van der Waals surface area contributed by atoms with Gasteiger partial charge in [-0.1, -0.05) is 0 Å². The molecule has 1 aromatic carbocycles. The minimum atomic E-state index is -0.632. The molecule has 0 bridgehead atoms. The number of rotatable bonds is 2. The Labute approximate surface area is 95.1 Å². The highest BCUT2D eigenvalue weighted by Crippen LogP contribution is 2.32. The van der Waals surface area contributed by atoms with Gasteiger partial charge in [-0.2, -0.15) is 11.3 Å². The molecule has 1 atom stereocenters. The molecule has 0 aliphatic heterocycles. The normalized spacial score (nSPS) is 12.7. The average molecular weight is 245 g/mol. The fourth-order valence-corrected chi connectivity index (χ4v) is 2.37. The van der Waals surface area contributed by atoms with Crippen molar-refractivity contribution in [2.45, 2.75) is 5.38 Å². The molecule has 1 heterocycles. The van der Waals surface area contributed by atoms with Crippen LogP contribution in [0.2, 0.25) is 0 Å². The van der Waals surface area contributed by atoms with Crippen LogP contribution >= 0.6 is 22.9 Å². The van der Waals surface area contributed by atoms with Crippen molar-refractivity contribution < 1.29 is 8.78 Å². The molecule has 0 amide bonds. The second-order valence-electron chi connectivity index (χ2n) is 3.09. The van der Waals surface area contributed by atoms with E-state index in [1.807, 2.05) is 10.8 Å². The van der Waals surface area contributed by atoms with Crippen molar-refractivity contribution in [3.63, 3.8) is 0 Å². The van der Waals surface area contributed by atoms with E-state index in [4.69, 9.17) is 11.6 Å². The highest BCUT2D eigenvalue weighted by atomic mass is 35.5. The van der Waals surface area contributed by atoms with Gasteiger partial charge >= 0.3 is 0 Å². The van der Waals surface area contributed by atoms with E-state index >= 15 is 0 Å². The minimum Gasteiger partial charge on any atom is -0.207 e. The molecule has 0 N–H and O–H groups in total. The van der Waals surface area contributed by atoms with Gasteiger partial charge in [0, 0.05) is 5.56 Å². The summed E-state index contributed by atoms with van der Waals surface area (Å²) in [4.78, 5) is 0. The molecule has 0 nitrogen and oxygen atoms in total. The van der Waals surface area contributed by atoms with E-state index in [0.29, 0.717) is 0 Å². The number of thiophene rings is 1. The van der Waals surface area contributed by atoms with Crippen LogP contribution in [0, 0.1) is 11.6 Å². The van der Waals surface area contributed by atoms with Crippen molar-refractivity contribution >= 4 is 22.9 Å².